The predicted octanol–water partition coefficient (Wildman–Crippen LogP) is 2.94. The summed E-state index contributed by atoms with van der Waals surface area (Å²) in [5, 5.41) is 2.90. The molecule has 20 heavy (non-hydrogen) atoms. The lowest BCUT2D eigenvalue weighted by molar-refractivity contribution is -0.120. The van der Waals surface area contributed by atoms with Crippen molar-refractivity contribution in [3.05, 3.63) is 60.2 Å². The zero-order valence-electron chi connectivity index (χ0n) is 11.6. The van der Waals surface area contributed by atoms with Gasteiger partial charge in [0.15, 0.2) is 0 Å². The topological polar surface area (TPSA) is 34.0 Å². The van der Waals surface area contributed by atoms with E-state index in [0.717, 1.165) is 5.56 Å². The van der Waals surface area contributed by atoms with Crippen LogP contribution in [-0.4, -0.2) is 17.0 Å². The van der Waals surface area contributed by atoms with Gasteiger partial charge < -0.3 is 9.88 Å². The lowest BCUT2D eigenvalue weighted by Crippen LogP contribution is -2.30. The SMILES string of the molecule is CCC(=O)NC[C@@H](Cc1cccc(F)c1)n1cccc1. The van der Waals surface area contributed by atoms with Gasteiger partial charge in [0.25, 0.3) is 0 Å². The molecule has 0 aliphatic heterocycles. The fourth-order valence-corrected chi connectivity index (χ4v) is 2.17. The van der Waals surface area contributed by atoms with Gasteiger partial charge in [-0.1, -0.05) is 19.1 Å². The second kappa shape index (κ2) is 6.89. The number of hydrogen-bond donors (Lipinski definition) is 1. The van der Waals surface area contributed by atoms with Gasteiger partial charge in [0.1, 0.15) is 5.82 Å². The van der Waals surface area contributed by atoms with E-state index in [1.165, 1.54) is 12.1 Å². The lowest BCUT2D eigenvalue weighted by atomic mass is 10.1. The Kier molecular flexibility index (Phi) is 4.93. The molecule has 106 valence electrons. The van der Waals surface area contributed by atoms with E-state index < -0.39 is 0 Å². The Balaban J connectivity index is 2.08. The standard InChI is InChI=1S/C16H19FN2O/c1-2-16(20)18-12-15(19-8-3-4-9-19)11-13-6-5-7-14(17)10-13/h3-10,15H,2,11-12H2,1H3,(H,18,20)/t15-/m1/s1. The highest BCUT2D eigenvalue weighted by Crippen LogP contribution is 2.15. The molecule has 2 rings (SSSR count). The third-order valence-electron chi connectivity index (χ3n) is 3.27. The number of hydrogen-bond acceptors (Lipinski definition) is 1. The molecule has 0 fully saturated rings. The zero-order chi connectivity index (χ0) is 14.4. The Bertz CT molecular complexity index is 551. The Morgan fingerprint density at radius 3 is 2.70 bits per heavy atom. The van der Waals surface area contributed by atoms with Crippen LogP contribution >= 0.6 is 0 Å². The quantitative estimate of drug-likeness (QED) is 0.863. The molecular formula is C16H19FN2O. The molecule has 0 spiro atoms. The fraction of sp³-hybridized carbons (Fsp3) is 0.312. The van der Waals surface area contributed by atoms with Gasteiger partial charge in [0.2, 0.25) is 5.91 Å². The van der Waals surface area contributed by atoms with Crippen LogP contribution in [0.1, 0.15) is 24.9 Å². The number of aromatic nitrogens is 1. The molecule has 1 atom stereocenters. The number of halogens is 1. The minimum atomic E-state index is -0.230. The number of nitrogens with zero attached hydrogens (tertiary/aromatic N) is 1. The molecule has 0 saturated carbocycles. The predicted molar refractivity (Wildman–Crippen MR) is 76.9 cm³/mol. The normalized spacial score (nSPS) is 12.1. The van der Waals surface area contributed by atoms with E-state index in [-0.39, 0.29) is 17.8 Å². The summed E-state index contributed by atoms with van der Waals surface area (Å²) in [4.78, 5) is 11.4. The molecule has 0 aliphatic rings. The average molecular weight is 274 g/mol. The highest BCUT2D eigenvalue weighted by molar-refractivity contribution is 5.75. The van der Waals surface area contributed by atoms with Crippen LogP contribution < -0.4 is 5.32 Å². The summed E-state index contributed by atoms with van der Waals surface area (Å²) in [5.41, 5.74) is 0.925. The Morgan fingerprint density at radius 2 is 2.05 bits per heavy atom. The largest absolute Gasteiger partial charge is 0.354 e. The summed E-state index contributed by atoms with van der Waals surface area (Å²) in [6.45, 7) is 2.37. The van der Waals surface area contributed by atoms with E-state index in [1.807, 2.05) is 42.1 Å². The van der Waals surface area contributed by atoms with Crippen LogP contribution in [0.15, 0.2) is 48.8 Å². The van der Waals surface area contributed by atoms with Gasteiger partial charge in [-0.15, -0.1) is 0 Å². The number of benzene rings is 1. The van der Waals surface area contributed by atoms with Gasteiger partial charge in [-0.25, -0.2) is 4.39 Å². The van der Waals surface area contributed by atoms with Crippen molar-refractivity contribution in [2.45, 2.75) is 25.8 Å². The smallest absolute Gasteiger partial charge is 0.219 e. The summed E-state index contributed by atoms with van der Waals surface area (Å²) in [6, 6.07) is 10.6. The average Bonchev–Trinajstić information content (AvgIpc) is 2.97. The van der Waals surface area contributed by atoms with Gasteiger partial charge in [-0.2, -0.15) is 0 Å². The van der Waals surface area contributed by atoms with Crippen LogP contribution in [0.25, 0.3) is 0 Å². The van der Waals surface area contributed by atoms with Crippen LogP contribution in [-0.2, 0) is 11.2 Å². The van der Waals surface area contributed by atoms with Gasteiger partial charge >= 0.3 is 0 Å². The first-order chi connectivity index (χ1) is 9.69. The van der Waals surface area contributed by atoms with Crippen molar-refractivity contribution in [3.63, 3.8) is 0 Å². The zero-order valence-corrected chi connectivity index (χ0v) is 11.6. The number of nitrogens with one attached hydrogen (secondary N) is 1. The van der Waals surface area contributed by atoms with Crippen LogP contribution in [0.4, 0.5) is 4.39 Å². The lowest BCUT2D eigenvalue weighted by Gasteiger charge is -2.20. The van der Waals surface area contributed by atoms with Crippen molar-refractivity contribution in [1.29, 1.82) is 0 Å². The first-order valence-electron chi connectivity index (χ1n) is 6.82. The van der Waals surface area contributed by atoms with Gasteiger partial charge in [0.05, 0.1) is 6.04 Å². The minimum absolute atomic E-state index is 0.0291. The molecule has 3 nitrogen and oxygen atoms in total. The molecule has 1 aromatic carbocycles. The van der Waals surface area contributed by atoms with E-state index in [0.29, 0.717) is 19.4 Å². The first-order valence-corrected chi connectivity index (χ1v) is 6.82. The van der Waals surface area contributed by atoms with Crippen LogP contribution in [0, 0.1) is 5.82 Å². The molecule has 0 radical (unpaired) electrons. The monoisotopic (exact) mass is 274 g/mol. The van der Waals surface area contributed by atoms with E-state index in [1.54, 1.807) is 6.07 Å². The molecule has 0 bridgehead atoms. The van der Waals surface area contributed by atoms with Crippen molar-refractivity contribution >= 4 is 5.91 Å². The molecule has 0 aliphatic carbocycles. The summed E-state index contributed by atoms with van der Waals surface area (Å²) in [5.74, 6) is -0.201. The molecule has 1 aromatic heterocycles. The van der Waals surface area contributed by atoms with Crippen molar-refractivity contribution in [3.8, 4) is 0 Å². The highest BCUT2D eigenvalue weighted by Gasteiger charge is 2.12. The summed E-state index contributed by atoms with van der Waals surface area (Å²) in [6.07, 6.45) is 5.07. The molecule has 1 heterocycles. The van der Waals surface area contributed by atoms with Gasteiger partial charge in [-0.3, -0.25) is 4.79 Å². The maximum absolute atomic E-state index is 13.3. The Morgan fingerprint density at radius 1 is 1.30 bits per heavy atom. The summed E-state index contributed by atoms with van der Waals surface area (Å²) >= 11 is 0. The maximum Gasteiger partial charge on any atom is 0.219 e. The molecular weight excluding hydrogens is 255 g/mol. The molecule has 1 N–H and O–H groups in total. The maximum atomic E-state index is 13.3. The minimum Gasteiger partial charge on any atom is -0.354 e. The number of amides is 1. The Hall–Kier alpha value is -2.10. The van der Waals surface area contributed by atoms with Crippen molar-refractivity contribution in [1.82, 2.24) is 9.88 Å². The van der Waals surface area contributed by atoms with E-state index in [2.05, 4.69) is 5.32 Å². The van der Waals surface area contributed by atoms with Crippen molar-refractivity contribution < 1.29 is 9.18 Å². The van der Waals surface area contributed by atoms with Gasteiger partial charge in [-0.05, 0) is 36.2 Å². The van der Waals surface area contributed by atoms with Crippen molar-refractivity contribution in [2.24, 2.45) is 0 Å². The van der Waals surface area contributed by atoms with E-state index in [4.69, 9.17) is 0 Å². The summed E-state index contributed by atoms with van der Waals surface area (Å²) < 4.78 is 15.3. The van der Waals surface area contributed by atoms with Crippen LogP contribution in [0.5, 0.6) is 0 Å². The third-order valence-corrected chi connectivity index (χ3v) is 3.27. The van der Waals surface area contributed by atoms with E-state index in [9.17, 15) is 9.18 Å². The van der Waals surface area contributed by atoms with Crippen LogP contribution in [0.3, 0.4) is 0 Å². The molecule has 2 aromatic rings. The Labute approximate surface area is 118 Å². The molecule has 0 unspecified atom stereocenters. The highest BCUT2D eigenvalue weighted by atomic mass is 19.1. The second-order valence-electron chi connectivity index (χ2n) is 4.78. The molecule has 0 saturated heterocycles. The summed E-state index contributed by atoms with van der Waals surface area (Å²) in [7, 11) is 0. The fourth-order valence-electron chi connectivity index (χ4n) is 2.17. The molecule has 4 heteroatoms. The van der Waals surface area contributed by atoms with E-state index >= 15 is 0 Å². The molecule has 1 amide bonds. The second-order valence-corrected chi connectivity index (χ2v) is 4.78. The van der Waals surface area contributed by atoms with Crippen LogP contribution in [0.2, 0.25) is 0 Å². The van der Waals surface area contributed by atoms with Crippen molar-refractivity contribution in [2.75, 3.05) is 6.54 Å². The number of carbonyl (C=O) groups excluding carboxylic acids is 1. The first kappa shape index (κ1) is 14.3. The van der Waals surface area contributed by atoms with Gasteiger partial charge in [0, 0.05) is 25.4 Å². The number of carbonyl (C=O) groups is 1. The third kappa shape index (κ3) is 3.95. The number of rotatable bonds is 6.